The van der Waals surface area contributed by atoms with E-state index in [-0.39, 0.29) is 5.91 Å². The molecular weight excluding hydrogens is 452 g/mol. The van der Waals surface area contributed by atoms with Crippen molar-refractivity contribution in [2.75, 3.05) is 5.75 Å². The zero-order chi connectivity index (χ0) is 20.2. The summed E-state index contributed by atoms with van der Waals surface area (Å²) in [7, 11) is 0. The predicted octanol–water partition coefficient (Wildman–Crippen LogP) is 3.45. The molecule has 0 fully saturated rings. The number of hydrazone groups is 1. The van der Waals surface area contributed by atoms with Crippen molar-refractivity contribution in [3.63, 3.8) is 0 Å². The fraction of sp³-hybridized carbons (Fsp3) is 0.286. The average molecular weight is 473 g/mol. The molecule has 1 aromatic carbocycles. The number of nitrogens with zero attached hydrogens (tertiary/aromatic N) is 3. The van der Waals surface area contributed by atoms with Crippen molar-refractivity contribution >= 4 is 50.5 Å². The van der Waals surface area contributed by atoms with Gasteiger partial charge in [0.15, 0.2) is 11.3 Å². The molecule has 0 radical (unpaired) electrons. The van der Waals surface area contributed by atoms with Crippen molar-refractivity contribution in [3.05, 3.63) is 63.5 Å². The van der Waals surface area contributed by atoms with Crippen molar-refractivity contribution in [1.82, 2.24) is 10.3 Å². The second kappa shape index (κ2) is 9.00. The standard InChI is InChI=1S/C21H21BrN4O2S/c1-2-3-4-12-29-21-24-20(27)19-16-13-14(22)7-9-17(16)23-18(26(19)25-21)10-8-15-6-5-11-28-15/h5-11,13,18H,2-4,12H2,1H3,(H,24,25,27)/b10-8+/t18-/m1/s1. The third-order valence-electron chi connectivity index (χ3n) is 4.56. The van der Waals surface area contributed by atoms with Crippen LogP contribution in [0.25, 0.3) is 11.8 Å². The van der Waals surface area contributed by atoms with Crippen LogP contribution >= 0.6 is 27.7 Å². The molecule has 8 heteroatoms. The highest BCUT2D eigenvalue weighted by molar-refractivity contribution is 9.10. The average Bonchev–Trinajstić information content (AvgIpc) is 3.23. The molecule has 1 amide bonds. The van der Waals surface area contributed by atoms with Gasteiger partial charge in [-0.2, -0.15) is 0 Å². The number of fused-ring (bicyclic) bond motifs is 2. The van der Waals surface area contributed by atoms with E-state index in [2.05, 4.69) is 28.2 Å². The summed E-state index contributed by atoms with van der Waals surface area (Å²) >= 11 is 5.06. The summed E-state index contributed by atoms with van der Waals surface area (Å²) in [5.41, 5.74) is 0.503. The number of hydrogen-bond donors (Lipinski definition) is 1. The molecule has 2 aromatic rings. The van der Waals surface area contributed by atoms with Gasteiger partial charge in [0.2, 0.25) is 0 Å². The summed E-state index contributed by atoms with van der Waals surface area (Å²) in [6.07, 6.45) is 8.36. The molecule has 3 heterocycles. The largest absolute Gasteiger partial charge is 0.465 e. The quantitative estimate of drug-likeness (QED) is 0.653. The van der Waals surface area contributed by atoms with Crippen LogP contribution in [0, 0.1) is 0 Å². The fourth-order valence-corrected chi connectivity index (χ4v) is 4.37. The second-order valence-corrected chi connectivity index (χ2v) is 8.69. The molecule has 1 aromatic heterocycles. The molecule has 6 nitrogen and oxygen atoms in total. The lowest BCUT2D eigenvalue weighted by atomic mass is 10.1. The van der Waals surface area contributed by atoms with Gasteiger partial charge in [0, 0.05) is 15.4 Å². The number of unbranched alkanes of at least 4 members (excludes halogenated alkanes) is 2. The highest BCUT2D eigenvalue weighted by Crippen LogP contribution is 2.23. The number of carbonyl (C=O) groups is 1. The molecule has 2 aliphatic rings. The van der Waals surface area contributed by atoms with Gasteiger partial charge in [-0.15, -0.1) is 5.10 Å². The van der Waals surface area contributed by atoms with Crippen LogP contribution in [0.1, 0.15) is 31.9 Å². The van der Waals surface area contributed by atoms with Gasteiger partial charge in [-0.1, -0.05) is 47.5 Å². The van der Waals surface area contributed by atoms with Crippen LogP contribution in [0.5, 0.6) is 0 Å². The van der Waals surface area contributed by atoms with E-state index in [9.17, 15) is 4.79 Å². The Morgan fingerprint density at radius 3 is 3.03 bits per heavy atom. The number of hydrogen-bond acceptors (Lipinski definition) is 6. The number of benzene rings is 1. The maximum absolute atomic E-state index is 13.0. The Morgan fingerprint density at radius 1 is 1.34 bits per heavy atom. The second-order valence-electron chi connectivity index (χ2n) is 6.69. The van der Waals surface area contributed by atoms with E-state index in [4.69, 9.17) is 14.5 Å². The zero-order valence-electron chi connectivity index (χ0n) is 16.0. The van der Waals surface area contributed by atoms with E-state index >= 15 is 0 Å². The molecule has 1 atom stereocenters. The lowest BCUT2D eigenvalue weighted by Crippen LogP contribution is -2.52. The maximum atomic E-state index is 13.0. The maximum Gasteiger partial charge on any atom is 0.276 e. The number of carbonyl (C=O) groups excluding carboxylic acids is 1. The van der Waals surface area contributed by atoms with Gasteiger partial charge in [-0.25, -0.2) is 5.01 Å². The summed E-state index contributed by atoms with van der Waals surface area (Å²) in [4.78, 5) is 17.8. The molecule has 0 spiro atoms. The number of thioether (sulfide) groups is 1. The number of halogens is 1. The molecule has 2 aliphatic heterocycles. The topological polar surface area (TPSA) is 70.2 Å². The van der Waals surface area contributed by atoms with Crippen molar-refractivity contribution in [2.24, 2.45) is 10.1 Å². The number of furan rings is 1. The monoisotopic (exact) mass is 472 g/mol. The van der Waals surface area contributed by atoms with Crippen LogP contribution in [0.2, 0.25) is 0 Å². The summed E-state index contributed by atoms with van der Waals surface area (Å²) < 4.78 is 6.27. The molecule has 0 bridgehead atoms. The van der Waals surface area contributed by atoms with E-state index in [1.165, 1.54) is 6.42 Å². The van der Waals surface area contributed by atoms with Crippen molar-refractivity contribution in [3.8, 4) is 0 Å². The molecule has 0 saturated heterocycles. The summed E-state index contributed by atoms with van der Waals surface area (Å²) in [5, 5.41) is 11.5. The van der Waals surface area contributed by atoms with E-state index < -0.39 is 6.17 Å². The summed E-state index contributed by atoms with van der Waals surface area (Å²) in [6.45, 7) is 2.17. The first-order valence-corrected chi connectivity index (χ1v) is 11.3. The molecule has 0 unspecified atom stereocenters. The Labute approximate surface area is 181 Å². The van der Waals surface area contributed by atoms with Crippen LogP contribution in [0.3, 0.4) is 0 Å². The number of amidine groups is 1. The Kier molecular flexibility index (Phi) is 6.20. The van der Waals surface area contributed by atoms with Gasteiger partial charge in [-0.05, 0) is 48.9 Å². The Morgan fingerprint density at radius 2 is 2.24 bits per heavy atom. The highest BCUT2D eigenvalue weighted by atomic mass is 79.9. The number of rotatable bonds is 6. The van der Waals surface area contributed by atoms with Gasteiger partial charge in [0.05, 0.1) is 11.6 Å². The first-order valence-electron chi connectivity index (χ1n) is 9.57. The van der Waals surface area contributed by atoms with Crippen molar-refractivity contribution in [2.45, 2.75) is 32.4 Å². The minimum absolute atomic E-state index is 0.163. The van der Waals surface area contributed by atoms with Crippen molar-refractivity contribution < 1.29 is 9.21 Å². The van der Waals surface area contributed by atoms with E-state index in [1.807, 2.05) is 42.5 Å². The van der Waals surface area contributed by atoms with Crippen LogP contribution in [0.4, 0.5) is 0 Å². The van der Waals surface area contributed by atoms with Gasteiger partial charge in [0.1, 0.15) is 11.5 Å². The molecule has 1 N–H and O–H groups in total. The van der Waals surface area contributed by atoms with Gasteiger partial charge >= 0.3 is 0 Å². The molecule has 29 heavy (non-hydrogen) atoms. The number of nitrogens with one attached hydrogen (secondary N) is 1. The third kappa shape index (κ3) is 4.48. The third-order valence-corrected chi connectivity index (χ3v) is 6.00. The minimum atomic E-state index is -0.430. The molecule has 0 saturated carbocycles. The lowest BCUT2D eigenvalue weighted by Gasteiger charge is -2.32. The Bertz CT molecular complexity index is 1080. The predicted molar refractivity (Wildman–Crippen MR) is 119 cm³/mol. The van der Waals surface area contributed by atoms with Gasteiger partial charge in [-0.3, -0.25) is 15.1 Å². The lowest BCUT2D eigenvalue weighted by molar-refractivity contribution is -0.116. The first-order chi connectivity index (χ1) is 14.2. The van der Waals surface area contributed by atoms with Crippen LogP contribution in [-0.4, -0.2) is 28.0 Å². The van der Waals surface area contributed by atoms with Gasteiger partial charge < -0.3 is 4.42 Å². The Hall–Kier alpha value is -2.32. The van der Waals surface area contributed by atoms with Crippen LogP contribution in [-0.2, 0) is 4.79 Å². The number of amides is 1. The summed E-state index contributed by atoms with van der Waals surface area (Å²) in [5.74, 6) is 1.48. The van der Waals surface area contributed by atoms with Gasteiger partial charge in [0.25, 0.3) is 5.91 Å². The first kappa shape index (κ1) is 20.0. The fourth-order valence-electron chi connectivity index (χ4n) is 3.16. The van der Waals surface area contributed by atoms with E-state index in [0.29, 0.717) is 10.9 Å². The smallest absolute Gasteiger partial charge is 0.276 e. The summed E-state index contributed by atoms with van der Waals surface area (Å²) in [6, 6.07) is 9.44. The molecular formula is C21H21BrN4O2S. The Balaban J connectivity index is 1.72. The molecule has 0 aliphatic carbocycles. The van der Waals surface area contributed by atoms with Crippen LogP contribution in [0.15, 0.2) is 61.7 Å². The van der Waals surface area contributed by atoms with Crippen LogP contribution < -0.4 is 15.9 Å². The van der Waals surface area contributed by atoms with E-state index in [0.717, 1.165) is 39.4 Å². The zero-order valence-corrected chi connectivity index (χ0v) is 18.4. The SMILES string of the molecule is CCCCCSC1=NN2C(=c3cc(Br)ccc3=N[C@H]2/C=C/c2ccco2)C(=O)N1. The molecule has 4 rings (SSSR count). The normalized spacial score (nSPS) is 18.2. The highest BCUT2D eigenvalue weighted by Gasteiger charge is 2.32. The minimum Gasteiger partial charge on any atom is -0.465 e. The van der Waals surface area contributed by atoms with Crippen molar-refractivity contribution in [1.29, 1.82) is 0 Å². The molecule has 150 valence electrons. The van der Waals surface area contributed by atoms with E-state index in [1.54, 1.807) is 23.0 Å².